The highest BCUT2D eigenvalue weighted by Crippen LogP contribution is 2.44. The largest absolute Gasteiger partial charge is 0.360 e. The minimum atomic E-state index is 0.0565. The molecular weight excluding hydrogens is 332 g/mol. The highest BCUT2D eigenvalue weighted by molar-refractivity contribution is 5.86. The summed E-state index contributed by atoms with van der Waals surface area (Å²) in [5.41, 5.74) is 8.62. The smallest absolute Gasteiger partial charge is 0.145 e. The first kappa shape index (κ1) is 15.1. The fourth-order valence-corrected chi connectivity index (χ4v) is 4.70. The number of aromatic nitrogens is 3. The normalized spacial score (nSPS) is 18.2. The van der Waals surface area contributed by atoms with E-state index >= 15 is 0 Å². The molecule has 2 aromatic heterocycles. The molecule has 1 aliphatic heterocycles. The first-order valence-corrected chi connectivity index (χ1v) is 9.73. The second kappa shape index (κ2) is 5.26. The topological polar surface area (TPSA) is 34.8 Å². The van der Waals surface area contributed by atoms with Crippen LogP contribution in [0.3, 0.4) is 0 Å². The van der Waals surface area contributed by atoms with Gasteiger partial charge in [0.1, 0.15) is 12.0 Å². The van der Waals surface area contributed by atoms with Crippen LogP contribution in [-0.2, 0) is 0 Å². The van der Waals surface area contributed by atoms with Crippen molar-refractivity contribution in [2.45, 2.75) is 38.9 Å². The molecule has 0 radical (unpaired) electrons. The van der Waals surface area contributed by atoms with Crippen molar-refractivity contribution in [3.05, 3.63) is 71.5 Å². The van der Waals surface area contributed by atoms with Crippen LogP contribution in [0.5, 0.6) is 0 Å². The third-order valence-electron chi connectivity index (χ3n) is 6.04. The minimum absolute atomic E-state index is 0.0565. The average Bonchev–Trinajstić information content (AvgIpc) is 3.36. The molecule has 27 heavy (non-hydrogen) atoms. The molecular formula is C23H22N4. The molecule has 6 rings (SSSR count). The maximum Gasteiger partial charge on any atom is 0.145 e. The van der Waals surface area contributed by atoms with E-state index < -0.39 is 0 Å². The van der Waals surface area contributed by atoms with Gasteiger partial charge in [-0.25, -0.2) is 4.98 Å². The van der Waals surface area contributed by atoms with E-state index in [1.807, 2.05) is 0 Å². The predicted molar refractivity (Wildman–Crippen MR) is 109 cm³/mol. The van der Waals surface area contributed by atoms with Crippen LogP contribution in [-0.4, -0.2) is 14.1 Å². The molecule has 1 atom stereocenters. The lowest BCUT2D eigenvalue weighted by Gasteiger charge is -2.30. The molecule has 2 aromatic carbocycles. The molecule has 4 aromatic rings. The van der Waals surface area contributed by atoms with Gasteiger partial charge in [0.25, 0.3) is 0 Å². The van der Waals surface area contributed by atoms with E-state index in [4.69, 9.17) is 4.98 Å². The van der Waals surface area contributed by atoms with Gasteiger partial charge in [0.05, 0.1) is 11.0 Å². The van der Waals surface area contributed by atoms with Gasteiger partial charge >= 0.3 is 0 Å². The Balaban J connectivity index is 1.63. The minimum Gasteiger partial charge on any atom is -0.360 e. The van der Waals surface area contributed by atoms with Crippen molar-refractivity contribution in [3.8, 4) is 11.4 Å². The van der Waals surface area contributed by atoms with Gasteiger partial charge in [-0.3, -0.25) is 4.57 Å². The van der Waals surface area contributed by atoms with Crippen molar-refractivity contribution < 1.29 is 0 Å². The number of para-hydroxylation sites is 3. The lowest BCUT2D eigenvalue weighted by Crippen LogP contribution is -2.25. The number of aryl methyl sites for hydroxylation is 1. The lowest BCUT2D eigenvalue weighted by molar-refractivity contribution is 0.647. The van der Waals surface area contributed by atoms with Crippen LogP contribution in [0.1, 0.15) is 42.0 Å². The molecule has 0 amide bonds. The van der Waals surface area contributed by atoms with Gasteiger partial charge in [0, 0.05) is 34.2 Å². The molecule has 1 N–H and O–H groups in total. The number of anilines is 1. The zero-order chi connectivity index (χ0) is 18.1. The van der Waals surface area contributed by atoms with Crippen molar-refractivity contribution in [2.75, 3.05) is 5.32 Å². The van der Waals surface area contributed by atoms with E-state index in [-0.39, 0.29) is 6.17 Å². The van der Waals surface area contributed by atoms with Gasteiger partial charge in [0.2, 0.25) is 0 Å². The van der Waals surface area contributed by atoms with Gasteiger partial charge in [-0.2, -0.15) is 0 Å². The van der Waals surface area contributed by atoms with E-state index in [1.165, 1.54) is 40.9 Å². The Kier molecular flexibility index (Phi) is 2.94. The Morgan fingerprint density at radius 2 is 1.74 bits per heavy atom. The molecule has 0 unspecified atom stereocenters. The lowest BCUT2D eigenvalue weighted by atomic mass is 10.1. The second-order valence-electron chi connectivity index (χ2n) is 7.81. The molecule has 4 heteroatoms. The van der Waals surface area contributed by atoms with E-state index in [1.54, 1.807) is 0 Å². The maximum absolute atomic E-state index is 4.99. The Labute approximate surface area is 158 Å². The molecule has 1 fully saturated rings. The van der Waals surface area contributed by atoms with E-state index in [0.29, 0.717) is 6.04 Å². The summed E-state index contributed by atoms with van der Waals surface area (Å²) in [6, 6.07) is 20.0. The number of rotatable bonds is 2. The number of benzene rings is 2. The molecule has 134 valence electrons. The number of imidazole rings is 1. The van der Waals surface area contributed by atoms with Crippen molar-refractivity contribution in [1.82, 2.24) is 14.1 Å². The summed E-state index contributed by atoms with van der Waals surface area (Å²) in [6.45, 7) is 4.50. The van der Waals surface area contributed by atoms with Crippen molar-refractivity contribution in [2.24, 2.45) is 0 Å². The zero-order valence-electron chi connectivity index (χ0n) is 15.6. The van der Waals surface area contributed by atoms with Crippen LogP contribution in [0, 0.1) is 13.8 Å². The van der Waals surface area contributed by atoms with Crippen LogP contribution in [0.2, 0.25) is 0 Å². The van der Waals surface area contributed by atoms with Gasteiger partial charge < -0.3 is 9.88 Å². The molecule has 4 nitrogen and oxygen atoms in total. The third-order valence-corrected chi connectivity index (χ3v) is 6.04. The van der Waals surface area contributed by atoms with Crippen molar-refractivity contribution in [3.63, 3.8) is 0 Å². The predicted octanol–water partition coefficient (Wildman–Crippen LogP) is 5.43. The zero-order valence-corrected chi connectivity index (χ0v) is 15.6. The molecule has 0 bridgehead atoms. The maximum atomic E-state index is 4.99. The average molecular weight is 354 g/mol. The second-order valence-corrected chi connectivity index (χ2v) is 7.81. The van der Waals surface area contributed by atoms with Crippen LogP contribution in [0.4, 0.5) is 5.69 Å². The Bertz CT molecular complexity index is 1190. The van der Waals surface area contributed by atoms with Gasteiger partial charge in [0.15, 0.2) is 0 Å². The summed E-state index contributed by atoms with van der Waals surface area (Å²) in [5.74, 6) is 1.05. The van der Waals surface area contributed by atoms with Crippen LogP contribution >= 0.6 is 0 Å². The Morgan fingerprint density at radius 1 is 0.963 bits per heavy atom. The molecule has 0 saturated heterocycles. The third kappa shape index (κ3) is 2.07. The van der Waals surface area contributed by atoms with Crippen LogP contribution in [0.25, 0.3) is 22.4 Å². The highest BCUT2D eigenvalue weighted by Gasteiger charge is 2.33. The highest BCUT2D eigenvalue weighted by atomic mass is 15.3. The SMILES string of the molecule is Cc1cc([C@@H]2Nc3ccccc3-c3nc4ccccc4n32)c(C)n1C1CC1. The molecule has 2 aliphatic rings. The van der Waals surface area contributed by atoms with Crippen molar-refractivity contribution >= 4 is 16.7 Å². The number of fused-ring (bicyclic) bond motifs is 5. The summed E-state index contributed by atoms with van der Waals surface area (Å²) in [6.07, 6.45) is 2.66. The van der Waals surface area contributed by atoms with Crippen LogP contribution in [0.15, 0.2) is 54.6 Å². The van der Waals surface area contributed by atoms with Crippen LogP contribution < -0.4 is 5.32 Å². The Hall–Kier alpha value is -3.01. The molecule has 1 saturated carbocycles. The number of nitrogens with zero attached hydrogens (tertiary/aromatic N) is 3. The summed E-state index contributed by atoms with van der Waals surface area (Å²) in [7, 11) is 0. The first-order chi connectivity index (χ1) is 13.2. The standard InChI is InChI=1S/C23H22N4/c1-14-13-18(15(2)26(14)16-11-12-16)23-24-19-8-4-3-7-17(19)22-25-20-9-5-6-10-21(20)27(22)23/h3-10,13,16,23-24H,11-12H2,1-2H3/t23-/m1/s1. The molecule has 0 spiro atoms. The van der Waals surface area contributed by atoms with Crippen molar-refractivity contribution in [1.29, 1.82) is 0 Å². The summed E-state index contributed by atoms with van der Waals surface area (Å²) in [4.78, 5) is 4.99. The Morgan fingerprint density at radius 3 is 2.59 bits per heavy atom. The molecule has 1 aliphatic carbocycles. The van der Waals surface area contributed by atoms with E-state index in [2.05, 4.69) is 82.9 Å². The number of hydrogen-bond donors (Lipinski definition) is 1. The first-order valence-electron chi connectivity index (χ1n) is 9.73. The summed E-state index contributed by atoms with van der Waals surface area (Å²) in [5, 5.41) is 3.80. The summed E-state index contributed by atoms with van der Waals surface area (Å²) >= 11 is 0. The number of nitrogens with one attached hydrogen (secondary N) is 1. The quantitative estimate of drug-likeness (QED) is 0.521. The fourth-order valence-electron chi connectivity index (χ4n) is 4.70. The molecule has 3 heterocycles. The van der Waals surface area contributed by atoms with Gasteiger partial charge in [-0.1, -0.05) is 24.3 Å². The fraction of sp³-hybridized carbons (Fsp3) is 0.261. The monoisotopic (exact) mass is 354 g/mol. The van der Waals surface area contributed by atoms with E-state index in [0.717, 1.165) is 17.0 Å². The van der Waals surface area contributed by atoms with Gasteiger partial charge in [-0.15, -0.1) is 0 Å². The summed E-state index contributed by atoms with van der Waals surface area (Å²) < 4.78 is 4.90. The van der Waals surface area contributed by atoms with E-state index in [9.17, 15) is 0 Å². The van der Waals surface area contributed by atoms with Gasteiger partial charge in [-0.05, 0) is 57.0 Å². The number of hydrogen-bond acceptors (Lipinski definition) is 2.